The van der Waals surface area contributed by atoms with Crippen molar-refractivity contribution >= 4 is 16.1 Å². The van der Waals surface area contributed by atoms with Gasteiger partial charge < -0.3 is 5.11 Å². The van der Waals surface area contributed by atoms with Crippen LogP contribution in [0, 0.1) is 11.2 Å². The highest BCUT2D eigenvalue weighted by atomic mass is 32.2. The van der Waals surface area contributed by atoms with Gasteiger partial charge in [-0.1, -0.05) is 51.5 Å². The van der Waals surface area contributed by atoms with E-state index in [0.717, 1.165) is 34.6 Å². The lowest BCUT2D eigenvalue weighted by Crippen LogP contribution is -2.32. The second-order valence-corrected chi connectivity index (χ2v) is 10.9. The molecular weight excluding hydrogens is 459 g/mol. The largest absolute Gasteiger partial charge is 0.464 e. The van der Waals surface area contributed by atoms with Gasteiger partial charge in [-0.05, 0) is 36.0 Å². The van der Waals surface area contributed by atoms with E-state index >= 15 is 0 Å². The van der Waals surface area contributed by atoms with Gasteiger partial charge in [0.15, 0.2) is 0 Å². The van der Waals surface area contributed by atoms with Crippen LogP contribution in [0.4, 0.5) is 9.18 Å². The summed E-state index contributed by atoms with van der Waals surface area (Å²) in [4.78, 5) is 20.5. The third-order valence-electron chi connectivity index (χ3n) is 5.69. The van der Waals surface area contributed by atoms with E-state index in [2.05, 4.69) is 28.5 Å². The SMILES string of the molecule is CCC(C)(C)Cc1cn(C(=O)O)c(C(Cc2ccc(-c3ccc(F)cn3)cc2)NS(C)(=O)=O)n1. The minimum Gasteiger partial charge on any atom is -0.464 e. The van der Waals surface area contributed by atoms with Crippen LogP contribution >= 0.6 is 0 Å². The molecule has 0 aliphatic carbocycles. The molecule has 1 atom stereocenters. The number of hydrogen-bond acceptors (Lipinski definition) is 5. The molecule has 2 aromatic heterocycles. The standard InChI is InChI=1S/C24H29FN4O4S/c1-5-24(2,3)13-19-15-29(23(30)31)22(27-19)21(28-34(4,32)33)12-16-6-8-17(9-7-16)20-11-10-18(25)14-26-20/h6-11,14-15,21,28H,5,12-13H2,1-4H3,(H,30,31). The Hall–Kier alpha value is -3.11. The molecular formula is C24H29FN4O4S. The molecule has 0 aliphatic rings. The van der Waals surface area contributed by atoms with Crippen LogP contribution in [-0.4, -0.2) is 40.4 Å². The first-order chi connectivity index (χ1) is 15.9. The summed E-state index contributed by atoms with van der Waals surface area (Å²) >= 11 is 0. The van der Waals surface area contributed by atoms with E-state index in [9.17, 15) is 22.7 Å². The van der Waals surface area contributed by atoms with Crippen LogP contribution in [0.15, 0.2) is 48.8 Å². The van der Waals surface area contributed by atoms with Crippen LogP contribution in [0.3, 0.4) is 0 Å². The van der Waals surface area contributed by atoms with Crippen molar-refractivity contribution in [1.29, 1.82) is 0 Å². The maximum absolute atomic E-state index is 13.1. The fourth-order valence-corrected chi connectivity index (χ4v) is 4.29. The summed E-state index contributed by atoms with van der Waals surface area (Å²) in [6.45, 7) is 6.18. The Morgan fingerprint density at radius 2 is 1.88 bits per heavy atom. The molecule has 3 rings (SSSR count). The number of halogens is 1. The topological polar surface area (TPSA) is 114 Å². The van der Waals surface area contributed by atoms with Gasteiger partial charge in [0.1, 0.15) is 11.6 Å². The van der Waals surface area contributed by atoms with Crippen LogP contribution in [0.25, 0.3) is 11.3 Å². The van der Waals surface area contributed by atoms with Gasteiger partial charge in [-0.2, -0.15) is 0 Å². The van der Waals surface area contributed by atoms with E-state index in [0.29, 0.717) is 17.8 Å². The molecule has 2 N–H and O–H groups in total. The minimum atomic E-state index is -3.66. The number of sulfonamides is 1. The van der Waals surface area contributed by atoms with Gasteiger partial charge in [0.05, 0.1) is 29.9 Å². The van der Waals surface area contributed by atoms with E-state index in [1.807, 2.05) is 6.92 Å². The first-order valence-corrected chi connectivity index (χ1v) is 12.8. The lowest BCUT2D eigenvalue weighted by Gasteiger charge is -2.21. The molecule has 0 amide bonds. The smallest absolute Gasteiger partial charge is 0.417 e. The summed E-state index contributed by atoms with van der Waals surface area (Å²) in [7, 11) is -3.66. The molecule has 1 unspecified atom stereocenters. The van der Waals surface area contributed by atoms with Crippen LogP contribution in [0.2, 0.25) is 0 Å². The molecule has 0 bridgehead atoms. The molecule has 0 saturated heterocycles. The Bertz CT molecular complexity index is 1250. The number of nitrogens with one attached hydrogen (secondary N) is 1. The van der Waals surface area contributed by atoms with Gasteiger partial charge in [-0.25, -0.2) is 31.9 Å². The number of hydrogen-bond donors (Lipinski definition) is 2. The molecule has 0 saturated carbocycles. The predicted octanol–water partition coefficient (Wildman–Crippen LogP) is 4.42. The lowest BCUT2D eigenvalue weighted by atomic mass is 9.85. The number of aromatic nitrogens is 3. The number of pyridine rings is 1. The summed E-state index contributed by atoms with van der Waals surface area (Å²) < 4.78 is 40.9. The minimum absolute atomic E-state index is 0.0844. The van der Waals surface area contributed by atoms with Crippen molar-refractivity contribution in [3.8, 4) is 11.3 Å². The molecule has 10 heteroatoms. The highest BCUT2D eigenvalue weighted by Gasteiger charge is 2.27. The Kier molecular flexibility index (Phi) is 7.52. The molecule has 0 spiro atoms. The van der Waals surface area contributed by atoms with Crippen molar-refractivity contribution in [2.24, 2.45) is 5.41 Å². The first-order valence-electron chi connectivity index (χ1n) is 10.9. The van der Waals surface area contributed by atoms with Crippen molar-refractivity contribution in [2.45, 2.75) is 46.1 Å². The van der Waals surface area contributed by atoms with Crippen molar-refractivity contribution in [3.63, 3.8) is 0 Å². The predicted molar refractivity (Wildman–Crippen MR) is 127 cm³/mol. The zero-order valence-electron chi connectivity index (χ0n) is 19.6. The molecule has 182 valence electrons. The van der Waals surface area contributed by atoms with E-state index in [4.69, 9.17) is 0 Å². The molecule has 0 radical (unpaired) electrons. The Morgan fingerprint density at radius 1 is 1.21 bits per heavy atom. The van der Waals surface area contributed by atoms with Crippen molar-refractivity contribution in [1.82, 2.24) is 19.3 Å². The quantitative estimate of drug-likeness (QED) is 0.461. The van der Waals surface area contributed by atoms with Crippen LogP contribution in [0.5, 0.6) is 0 Å². The molecule has 2 heterocycles. The molecule has 1 aromatic carbocycles. The van der Waals surface area contributed by atoms with Crippen molar-refractivity contribution in [3.05, 3.63) is 71.7 Å². The zero-order valence-corrected chi connectivity index (χ0v) is 20.4. The Balaban J connectivity index is 1.94. The Labute approximate surface area is 198 Å². The van der Waals surface area contributed by atoms with E-state index in [1.54, 1.807) is 30.3 Å². The highest BCUT2D eigenvalue weighted by Crippen LogP contribution is 2.27. The monoisotopic (exact) mass is 488 g/mol. The second-order valence-electron chi connectivity index (χ2n) is 9.14. The second kappa shape index (κ2) is 10.0. The summed E-state index contributed by atoms with van der Waals surface area (Å²) in [5, 5.41) is 9.74. The molecule has 3 aromatic rings. The fourth-order valence-electron chi connectivity index (χ4n) is 3.58. The zero-order chi connectivity index (χ0) is 25.1. The third kappa shape index (κ3) is 6.71. The van der Waals surface area contributed by atoms with Crippen molar-refractivity contribution < 1.29 is 22.7 Å². The van der Waals surface area contributed by atoms with E-state index in [1.165, 1.54) is 12.3 Å². The van der Waals surface area contributed by atoms with Crippen molar-refractivity contribution in [2.75, 3.05) is 6.26 Å². The van der Waals surface area contributed by atoms with E-state index in [-0.39, 0.29) is 17.7 Å². The average molecular weight is 489 g/mol. The van der Waals surface area contributed by atoms with Crippen LogP contribution < -0.4 is 4.72 Å². The number of carboxylic acid groups (broad SMARTS) is 1. The maximum Gasteiger partial charge on any atom is 0.417 e. The normalized spacial score (nSPS) is 13.1. The van der Waals surface area contributed by atoms with Gasteiger partial charge in [0, 0.05) is 11.8 Å². The number of nitrogens with zero attached hydrogens (tertiary/aromatic N) is 3. The molecule has 0 aliphatic heterocycles. The Morgan fingerprint density at radius 3 is 2.41 bits per heavy atom. The molecule has 8 nitrogen and oxygen atoms in total. The van der Waals surface area contributed by atoms with E-state index < -0.39 is 28.0 Å². The van der Waals surface area contributed by atoms with Gasteiger partial charge in [0.25, 0.3) is 0 Å². The van der Waals surface area contributed by atoms with Crippen LogP contribution in [0.1, 0.15) is 50.3 Å². The molecule has 34 heavy (non-hydrogen) atoms. The van der Waals surface area contributed by atoms with Gasteiger partial charge >= 0.3 is 6.09 Å². The molecule has 0 fully saturated rings. The highest BCUT2D eigenvalue weighted by molar-refractivity contribution is 7.88. The number of imidazole rings is 1. The average Bonchev–Trinajstić information content (AvgIpc) is 3.17. The fraction of sp³-hybridized carbons (Fsp3) is 0.375. The summed E-state index contributed by atoms with van der Waals surface area (Å²) in [5.74, 6) is -0.310. The summed E-state index contributed by atoms with van der Waals surface area (Å²) in [5.41, 5.74) is 2.64. The van der Waals surface area contributed by atoms with Gasteiger partial charge in [-0.3, -0.25) is 4.98 Å². The lowest BCUT2D eigenvalue weighted by molar-refractivity contribution is 0.194. The third-order valence-corrected chi connectivity index (χ3v) is 6.40. The summed E-state index contributed by atoms with van der Waals surface area (Å²) in [6.07, 6.45) is 4.00. The van der Waals surface area contributed by atoms with Gasteiger partial charge in [0.2, 0.25) is 10.0 Å². The number of carbonyl (C=O) groups is 1. The number of benzene rings is 1. The number of rotatable bonds is 9. The van der Waals surface area contributed by atoms with Gasteiger partial charge in [-0.15, -0.1) is 0 Å². The van der Waals surface area contributed by atoms with Crippen LogP contribution in [-0.2, 0) is 22.9 Å². The maximum atomic E-state index is 13.1. The first kappa shape index (κ1) is 25.5. The summed E-state index contributed by atoms with van der Waals surface area (Å²) in [6, 6.07) is 9.20.